The molecule has 1 N–H and O–H groups in total. The summed E-state index contributed by atoms with van der Waals surface area (Å²) in [7, 11) is 0. The van der Waals surface area contributed by atoms with Crippen molar-refractivity contribution in [2.45, 2.75) is 0 Å². The maximum atomic E-state index is 10.2. The number of aromatic amines is 1. The number of aromatic nitrogens is 3. The van der Waals surface area contributed by atoms with Crippen molar-refractivity contribution in [3.8, 4) is 45.9 Å². The third-order valence-corrected chi connectivity index (χ3v) is 5.81. The van der Waals surface area contributed by atoms with Crippen LogP contribution in [0.1, 0.15) is 11.1 Å². The van der Waals surface area contributed by atoms with Crippen molar-refractivity contribution < 1.29 is 0 Å². The standard InChI is InChI=1S/C26H14BrN5/c27-18-8-6-17(7-9-18)20-11-25(24-10-5-16(12-28)14-30-24)32-26(21(20)13-29)22-15-31-23-4-2-1-3-19(22)23/h1-11,14-15,31H. The zero-order chi connectivity index (χ0) is 22.1. The van der Waals surface area contributed by atoms with Gasteiger partial charge in [-0.05, 0) is 42.0 Å². The summed E-state index contributed by atoms with van der Waals surface area (Å²) >= 11 is 3.47. The van der Waals surface area contributed by atoms with E-state index < -0.39 is 0 Å². The van der Waals surface area contributed by atoms with Crippen molar-refractivity contribution >= 4 is 26.8 Å². The Balaban J connectivity index is 1.81. The van der Waals surface area contributed by atoms with Gasteiger partial charge in [0.1, 0.15) is 12.1 Å². The van der Waals surface area contributed by atoms with Crippen molar-refractivity contribution in [2.75, 3.05) is 0 Å². The number of nitrogens with zero attached hydrogens (tertiary/aromatic N) is 4. The number of nitriles is 2. The molecule has 0 saturated heterocycles. The normalized spacial score (nSPS) is 10.6. The lowest BCUT2D eigenvalue weighted by atomic mass is 9.95. The summed E-state index contributed by atoms with van der Waals surface area (Å²) in [6, 6.07) is 25.6. The first-order chi connectivity index (χ1) is 15.7. The third-order valence-electron chi connectivity index (χ3n) is 5.29. The number of nitrogens with one attached hydrogen (secondary N) is 1. The van der Waals surface area contributed by atoms with E-state index in [1.807, 2.05) is 60.8 Å². The van der Waals surface area contributed by atoms with E-state index in [9.17, 15) is 5.26 Å². The van der Waals surface area contributed by atoms with Crippen molar-refractivity contribution in [1.82, 2.24) is 15.0 Å². The lowest BCUT2D eigenvalue weighted by molar-refractivity contribution is 1.23. The highest BCUT2D eigenvalue weighted by Crippen LogP contribution is 2.37. The molecule has 5 nitrogen and oxygen atoms in total. The van der Waals surface area contributed by atoms with Gasteiger partial charge in [-0.25, -0.2) is 4.98 Å². The van der Waals surface area contributed by atoms with Crippen LogP contribution in [0.3, 0.4) is 0 Å². The minimum atomic E-state index is 0.479. The maximum Gasteiger partial charge on any atom is 0.102 e. The molecule has 0 aliphatic heterocycles. The highest BCUT2D eigenvalue weighted by atomic mass is 79.9. The Morgan fingerprint density at radius 2 is 1.66 bits per heavy atom. The predicted octanol–water partition coefficient (Wildman–Crippen LogP) is 6.46. The molecule has 2 aromatic carbocycles. The summed E-state index contributed by atoms with van der Waals surface area (Å²) in [4.78, 5) is 12.6. The zero-order valence-corrected chi connectivity index (χ0v) is 18.3. The van der Waals surface area contributed by atoms with Crippen LogP contribution in [0.2, 0.25) is 0 Å². The van der Waals surface area contributed by atoms with Crippen LogP contribution in [0.25, 0.3) is 44.7 Å². The zero-order valence-electron chi connectivity index (χ0n) is 16.7. The average Bonchev–Trinajstić information content (AvgIpc) is 3.28. The molecule has 150 valence electrons. The highest BCUT2D eigenvalue weighted by Gasteiger charge is 2.19. The van der Waals surface area contributed by atoms with Crippen molar-refractivity contribution in [1.29, 1.82) is 10.5 Å². The molecule has 0 atom stereocenters. The Hall–Kier alpha value is -4.26. The number of pyridine rings is 2. The Bertz CT molecular complexity index is 1540. The van der Waals surface area contributed by atoms with Crippen LogP contribution in [-0.2, 0) is 0 Å². The Morgan fingerprint density at radius 1 is 0.844 bits per heavy atom. The maximum absolute atomic E-state index is 10.2. The van der Waals surface area contributed by atoms with Gasteiger partial charge < -0.3 is 4.98 Å². The van der Waals surface area contributed by atoms with E-state index in [1.165, 1.54) is 6.20 Å². The summed E-state index contributed by atoms with van der Waals surface area (Å²) in [5.41, 5.74) is 6.33. The molecule has 0 unspecified atom stereocenters. The van der Waals surface area contributed by atoms with Gasteiger partial charge >= 0.3 is 0 Å². The summed E-state index contributed by atoms with van der Waals surface area (Å²) < 4.78 is 0.958. The minimum Gasteiger partial charge on any atom is -0.360 e. The number of para-hydroxylation sites is 1. The molecule has 0 fully saturated rings. The molecule has 0 saturated carbocycles. The number of fused-ring (bicyclic) bond motifs is 1. The molecule has 6 heteroatoms. The molecule has 5 aromatic rings. The van der Waals surface area contributed by atoms with Gasteiger partial charge in [-0.1, -0.05) is 46.3 Å². The monoisotopic (exact) mass is 475 g/mol. The van der Waals surface area contributed by atoms with E-state index in [0.29, 0.717) is 28.2 Å². The van der Waals surface area contributed by atoms with Gasteiger partial charge in [-0.2, -0.15) is 10.5 Å². The van der Waals surface area contributed by atoms with Gasteiger partial charge in [-0.3, -0.25) is 4.98 Å². The van der Waals surface area contributed by atoms with E-state index >= 15 is 0 Å². The first kappa shape index (κ1) is 19.7. The molecule has 0 aliphatic rings. The van der Waals surface area contributed by atoms with Gasteiger partial charge in [0, 0.05) is 38.9 Å². The van der Waals surface area contributed by atoms with Crippen LogP contribution < -0.4 is 0 Å². The van der Waals surface area contributed by atoms with Crippen molar-refractivity contribution in [2.24, 2.45) is 0 Å². The van der Waals surface area contributed by atoms with Gasteiger partial charge in [0.25, 0.3) is 0 Å². The second-order valence-corrected chi connectivity index (χ2v) is 8.10. The fourth-order valence-electron chi connectivity index (χ4n) is 3.72. The van der Waals surface area contributed by atoms with Crippen LogP contribution in [-0.4, -0.2) is 15.0 Å². The molecule has 5 rings (SSSR count). The summed E-state index contributed by atoms with van der Waals surface area (Å²) in [6.07, 6.45) is 3.41. The van der Waals surface area contributed by atoms with E-state index in [1.54, 1.807) is 12.1 Å². The second kappa shape index (κ2) is 8.11. The quantitative estimate of drug-likeness (QED) is 0.324. The smallest absolute Gasteiger partial charge is 0.102 e. The highest BCUT2D eigenvalue weighted by molar-refractivity contribution is 9.10. The van der Waals surface area contributed by atoms with E-state index in [4.69, 9.17) is 10.2 Å². The largest absolute Gasteiger partial charge is 0.360 e. The molecule has 0 amide bonds. The molecule has 3 aromatic heterocycles. The number of hydrogen-bond donors (Lipinski definition) is 1. The Kier molecular flexibility index (Phi) is 4.99. The topological polar surface area (TPSA) is 89.1 Å². The van der Waals surface area contributed by atoms with Gasteiger partial charge in [0.2, 0.25) is 0 Å². The molecular formula is C26H14BrN5. The molecule has 0 aliphatic carbocycles. The van der Waals surface area contributed by atoms with Crippen LogP contribution in [0.4, 0.5) is 0 Å². The van der Waals surface area contributed by atoms with Crippen LogP contribution in [0, 0.1) is 22.7 Å². The molecule has 0 bridgehead atoms. The van der Waals surface area contributed by atoms with Crippen molar-refractivity contribution in [3.05, 3.63) is 94.7 Å². The number of rotatable bonds is 3. The van der Waals surface area contributed by atoms with E-state index in [-0.39, 0.29) is 0 Å². The summed E-state index contributed by atoms with van der Waals surface area (Å²) in [5, 5.41) is 20.2. The van der Waals surface area contributed by atoms with Gasteiger partial charge in [-0.15, -0.1) is 0 Å². The number of H-pyrrole nitrogens is 1. The molecule has 0 radical (unpaired) electrons. The van der Waals surface area contributed by atoms with E-state index in [0.717, 1.165) is 32.1 Å². The van der Waals surface area contributed by atoms with Gasteiger partial charge in [0.15, 0.2) is 0 Å². The second-order valence-electron chi connectivity index (χ2n) is 7.19. The SMILES string of the molecule is N#Cc1ccc(-c2cc(-c3ccc(Br)cc3)c(C#N)c(-c3c[nH]c4ccccc34)n2)nc1. The third kappa shape index (κ3) is 3.43. The fraction of sp³-hybridized carbons (Fsp3) is 0. The Labute approximate surface area is 192 Å². The first-order valence-corrected chi connectivity index (χ1v) is 10.6. The lowest BCUT2D eigenvalue weighted by Crippen LogP contribution is -1.98. The minimum absolute atomic E-state index is 0.479. The molecule has 3 heterocycles. The molecule has 0 spiro atoms. The first-order valence-electron chi connectivity index (χ1n) is 9.82. The fourth-order valence-corrected chi connectivity index (χ4v) is 3.98. The van der Waals surface area contributed by atoms with E-state index in [2.05, 4.69) is 38.0 Å². The van der Waals surface area contributed by atoms with Crippen molar-refractivity contribution in [3.63, 3.8) is 0 Å². The number of benzene rings is 2. The van der Waals surface area contributed by atoms with Crippen LogP contribution in [0.15, 0.2) is 83.6 Å². The lowest BCUT2D eigenvalue weighted by Gasteiger charge is -2.12. The molecular weight excluding hydrogens is 462 g/mol. The predicted molar refractivity (Wildman–Crippen MR) is 127 cm³/mol. The van der Waals surface area contributed by atoms with Crippen LogP contribution in [0.5, 0.6) is 0 Å². The Morgan fingerprint density at radius 3 is 2.38 bits per heavy atom. The number of hydrogen-bond acceptors (Lipinski definition) is 4. The number of halogens is 1. The average molecular weight is 476 g/mol. The molecule has 32 heavy (non-hydrogen) atoms. The van der Waals surface area contributed by atoms with Gasteiger partial charge in [0.05, 0.1) is 28.2 Å². The summed E-state index contributed by atoms with van der Waals surface area (Å²) in [6.45, 7) is 0. The van der Waals surface area contributed by atoms with Crippen LogP contribution >= 0.6 is 15.9 Å². The summed E-state index contributed by atoms with van der Waals surface area (Å²) in [5.74, 6) is 0.